The third kappa shape index (κ3) is 2.62. The molecule has 0 radical (unpaired) electrons. The largest absolute Gasteiger partial charge is 0.381 e. The number of thiazole rings is 1. The number of amides is 1. The summed E-state index contributed by atoms with van der Waals surface area (Å²) in [5, 5.41) is 11.4. The number of benzene rings is 1. The number of hydrogen-bond donors (Lipinski definition) is 2. The van der Waals surface area contributed by atoms with Gasteiger partial charge in [0.1, 0.15) is 9.88 Å². The van der Waals surface area contributed by atoms with Gasteiger partial charge in [-0.15, -0.1) is 22.7 Å². The summed E-state index contributed by atoms with van der Waals surface area (Å²) in [4.78, 5) is 22.6. The van der Waals surface area contributed by atoms with Crippen molar-refractivity contribution >= 4 is 61.3 Å². The molecule has 1 amide bonds. The Kier molecular flexibility index (Phi) is 3.73. The van der Waals surface area contributed by atoms with Gasteiger partial charge in [-0.05, 0) is 37.3 Å². The molecule has 0 fully saturated rings. The Bertz CT molecular complexity index is 1220. The Morgan fingerprint density at radius 3 is 2.96 bits per heavy atom. The van der Waals surface area contributed by atoms with Crippen LogP contribution in [-0.2, 0) is 0 Å². The highest BCUT2D eigenvalue weighted by atomic mass is 32.1. The fourth-order valence-electron chi connectivity index (χ4n) is 3.34. The van der Waals surface area contributed by atoms with Crippen LogP contribution in [0.3, 0.4) is 0 Å². The van der Waals surface area contributed by atoms with E-state index >= 15 is 0 Å². The van der Waals surface area contributed by atoms with Gasteiger partial charge in [0, 0.05) is 33.4 Å². The SMILES string of the molecule is C=Cc1csc(-c2ccc3c(ccc4sc5c(c43)NC[C@@H](C)NC5=O)n2)n1. The molecule has 2 N–H and O–H groups in total. The van der Waals surface area contributed by atoms with Crippen molar-refractivity contribution in [1.82, 2.24) is 15.3 Å². The number of carbonyl (C=O) groups excluding carboxylic acids is 1. The van der Waals surface area contributed by atoms with E-state index in [1.54, 1.807) is 17.4 Å². The predicted octanol–water partition coefficient (Wildman–Crippen LogP) is 4.76. The van der Waals surface area contributed by atoms with E-state index in [1.807, 2.05) is 30.5 Å². The molecule has 1 atom stereocenters. The van der Waals surface area contributed by atoms with Crippen molar-refractivity contribution in [2.24, 2.45) is 0 Å². The maximum Gasteiger partial charge on any atom is 0.263 e. The molecule has 4 heterocycles. The zero-order valence-electron chi connectivity index (χ0n) is 14.6. The van der Waals surface area contributed by atoms with Crippen LogP contribution in [0, 0.1) is 0 Å². The van der Waals surface area contributed by atoms with Gasteiger partial charge in [0.15, 0.2) is 0 Å². The average Bonchev–Trinajstić information content (AvgIpc) is 3.27. The molecule has 27 heavy (non-hydrogen) atoms. The van der Waals surface area contributed by atoms with Gasteiger partial charge < -0.3 is 10.6 Å². The molecular formula is C20H16N4OS2. The summed E-state index contributed by atoms with van der Waals surface area (Å²) < 4.78 is 1.09. The van der Waals surface area contributed by atoms with Gasteiger partial charge in [-0.1, -0.05) is 6.58 Å². The minimum atomic E-state index is -0.0128. The van der Waals surface area contributed by atoms with Gasteiger partial charge in [-0.3, -0.25) is 4.79 Å². The van der Waals surface area contributed by atoms with Crippen molar-refractivity contribution in [1.29, 1.82) is 0 Å². The zero-order chi connectivity index (χ0) is 18.5. The Morgan fingerprint density at radius 2 is 2.15 bits per heavy atom. The Balaban J connectivity index is 1.71. The van der Waals surface area contributed by atoms with Gasteiger partial charge >= 0.3 is 0 Å². The Hall–Kier alpha value is -2.77. The summed E-state index contributed by atoms with van der Waals surface area (Å²) in [5.41, 5.74) is 3.52. The van der Waals surface area contributed by atoms with Crippen molar-refractivity contribution in [2.75, 3.05) is 11.9 Å². The van der Waals surface area contributed by atoms with E-state index in [-0.39, 0.29) is 11.9 Å². The second-order valence-corrected chi connectivity index (χ2v) is 8.46. The first-order valence-corrected chi connectivity index (χ1v) is 10.3. The van der Waals surface area contributed by atoms with E-state index in [2.05, 4.69) is 28.3 Å². The second-order valence-electron chi connectivity index (χ2n) is 6.55. The van der Waals surface area contributed by atoms with Crippen LogP contribution < -0.4 is 10.6 Å². The summed E-state index contributed by atoms with van der Waals surface area (Å²) in [5.74, 6) is -0.0128. The molecule has 0 spiro atoms. The molecule has 134 valence electrons. The van der Waals surface area contributed by atoms with Crippen LogP contribution in [-0.4, -0.2) is 28.5 Å². The van der Waals surface area contributed by atoms with E-state index in [0.717, 1.165) is 47.9 Å². The lowest BCUT2D eigenvalue weighted by Crippen LogP contribution is -2.34. The van der Waals surface area contributed by atoms with Crippen LogP contribution in [0.2, 0.25) is 0 Å². The average molecular weight is 393 g/mol. The Labute approximate surface area is 163 Å². The third-order valence-corrected chi connectivity index (χ3v) is 6.68. The maximum absolute atomic E-state index is 12.5. The summed E-state index contributed by atoms with van der Waals surface area (Å²) in [6, 6.07) is 8.23. The van der Waals surface area contributed by atoms with Crippen LogP contribution in [0.4, 0.5) is 5.69 Å². The fourth-order valence-corrected chi connectivity index (χ4v) is 5.21. The molecule has 0 unspecified atom stereocenters. The van der Waals surface area contributed by atoms with Crippen molar-refractivity contribution in [2.45, 2.75) is 13.0 Å². The van der Waals surface area contributed by atoms with Crippen LogP contribution in [0.5, 0.6) is 0 Å². The van der Waals surface area contributed by atoms with Gasteiger partial charge in [0.25, 0.3) is 5.91 Å². The van der Waals surface area contributed by atoms with Crippen molar-refractivity contribution in [3.63, 3.8) is 0 Å². The van der Waals surface area contributed by atoms with Crippen molar-refractivity contribution in [3.05, 3.63) is 46.8 Å². The summed E-state index contributed by atoms with van der Waals surface area (Å²) in [7, 11) is 0. The number of rotatable bonds is 2. The molecule has 7 heteroatoms. The summed E-state index contributed by atoms with van der Waals surface area (Å²) in [6.45, 7) is 6.47. The summed E-state index contributed by atoms with van der Waals surface area (Å²) >= 11 is 3.08. The van der Waals surface area contributed by atoms with Crippen molar-refractivity contribution < 1.29 is 4.79 Å². The molecule has 3 aromatic heterocycles. The number of fused-ring (bicyclic) bond motifs is 5. The first-order valence-electron chi connectivity index (χ1n) is 8.63. The highest BCUT2D eigenvalue weighted by Crippen LogP contribution is 2.41. The predicted molar refractivity (Wildman–Crippen MR) is 114 cm³/mol. The molecule has 0 saturated heterocycles. The third-order valence-electron chi connectivity index (χ3n) is 4.64. The van der Waals surface area contributed by atoms with E-state index in [9.17, 15) is 4.79 Å². The second kappa shape index (κ2) is 6.14. The number of anilines is 1. The van der Waals surface area contributed by atoms with Gasteiger partial charge in [-0.25, -0.2) is 9.97 Å². The lowest BCUT2D eigenvalue weighted by Gasteiger charge is -2.10. The van der Waals surface area contributed by atoms with Gasteiger partial charge in [0.2, 0.25) is 0 Å². The Morgan fingerprint density at radius 1 is 1.26 bits per heavy atom. The van der Waals surface area contributed by atoms with E-state index in [1.165, 1.54) is 11.3 Å². The molecule has 0 bridgehead atoms. The monoisotopic (exact) mass is 392 g/mol. The number of nitrogens with zero attached hydrogens (tertiary/aromatic N) is 2. The number of aromatic nitrogens is 2. The van der Waals surface area contributed by atoms with Crippen LogP contribution in [0.15, 0.2) is 36.2 Å². The zero-order valence-corrected chi connectivity index (χ0v) is 16.2. The van der Waals surface area contributed by atoms with E-state index < -0.39 is 0 Å². The number of pyridine rings is 1. The first kappa shape index (κ1) is 16.4. The molecule has 0 saturated carbocycles. The first-order chi connectivity index (χ1) is 13.1. The standard InChI is InChI=1S/C20H16N4OS2/c1-3-11-9-26-20(23-11)14-5-4-12-13(24-14)6-7-15-16(12)17-18(27-15)19(25)22-10(2)8-21-17/h3-7,9-10,21H,1,8H2,2H3,(H,22,25)/t10-/m1/s1. The molecular weight excluding hydrogens is 376 g/mol. The van der Waals surface area contributed by atoms with Gasteiger partial charge in [0.05, 0.1) is 22.6 Å². The molecule has 0 aliphatic carbocycles. The summed E-state index contributed by atoms with van der Waals surface area (Å²) in [6.07, 6.45) is 1.74. The topological polar surface area (TPSA) is 66.9 Å². The van der Waals surface area contributed by atoms with Crippen LogP contribution >= 0.6 is 22.7 Å². The van der Waals surface area contributed by atoms with Crippen molar-refractivity contribution in [3.8, 4) is 10.7 Å². The number of nitrogens with one attached hydrogen (secondary N) is 2. The van der Waals surface area contributed by atoms with E-state index in [0.29, 0.717) is 6.54 Å². The minimum absolute atomic E-state index is 0.0128. The minimum Gasteiger partial charge on any atom is -0.381 e. The lowest BCUT2D eigenvalue weighted by atomic mass is 10.1. The highest BCUT2D eigenvalue weighted by Gasteiger charge is 2.24. The molecule has 5 nitrogen and oxygen atoms in total. The normalized spacial score (nSPS) is 16.6. The molecule has 1 aliphatic rings. The molecule has 5 rings (SSSR count). The smallest absolute Gasteiger partial charge is 0.263 e. The van der Waals surface area contributed by atoms with E-state index in [4.69, 9.17) is 4.98 Å². The molecule has 4 aromatic rings. The fraction of sp³-hybridized carbons (Fsp3) is 0.150. The highest BCUT2D eigenvalue weighted by molar-refractivity contribution is 7.21. The number of thiophene rings is 1. The van der Waals surface area contributed by atoms with Crippen LogP contribution in [0.25, 0.3) is 37.8 Å². The maximum atomic E-state index is 12.5. The molecule has 1 aromatic carbocycles. The number of hydrogen-bond acceptors (Lipinski definition) is 6. The molecule has 1 aliphatic heterocycles. The quantitative estimate of drug-likeness (QED) is 0.516. The van der Waals surface area contributed by atoms with Crippen LogP contribution in [0.1, 0.15) is 22.3 Å². The lowest BCUT2D eigenvalue weighted by molar-refractivity contribution is 0.0949. The van der Waals surface area contributed by atoms with Gasteiger partial charge in [-0.2, -0.15) is 0 Å². The number of carbonyl (C=O) groups is 1.